The molecule has 0 radical (unpaired) electrons. The van der Waals surface area contributed by atoms with Crippen molar-refractivity contribution < 1.29 is 9.53 Å². The molecule has 0 unspecified atom stereocenters. The molecule has 0 amide bonds. The summed E-state index contributed by atoms with van der Waals surface area (Å²) in [5, 5.41) is 0.452. The van der Waals surface area contributed by atoms with Crippen LogP contribution in [-0.4, -0.2) is 20.4 Å². The third-order valence-electron chi connectivity index (χ3n) is 2.97. The van der Waals surface area contributed by atoms with E-state index in [1.165, 1.54) is 0 Å². The number of carbonyl (C=O) groups excluding carboxylic acids is 1. The minimum absolute atomic E-state index is 0.452. The first-order valence-electron chi connectivity index (χ1n) is 5.79. The average Bonchev–Trinajstić information content (AvgIpc) is 2.46. The van der Waals surface area contributed by atoms with Gasteiger partial charge in [-0.1, -0.05) is 17.7 Å². The van der Waals surface area contributed by atoms with E-state index in [-0.39, 0.29) is 0 Å². The molecule has 2 rings (SSSR count). The molecular weight excluding hydrogens is 262 g/mol. The van der Waals surface area contributed by atoms with E-state index in [1.807, 2.05) is 48.3 Å². The van der Waals surface area contributed by atoms with Crippen molar-refractivity contribution in [3.8, 4) is 5.75 Å². The molecule has 0 saturated heterocycles. The molecule has 4 heteroatoms. The Bertz CT molecular complexity index is 581. The van der Waals surface area contributed by atoms with Crippen LogP contribution in [-0.2, 0) is 0 Å². The summed E-state index contributed by atoms with van der Waals surface area (Å²) >= 11 is 6.03. The number of methoxy groups -OCH3 is 1. The Balaban J connectivity index is 2.40. The number of halogens is 1. The standard InChI is InChI=1S/C15H14ClNO2/c1-17(11-6-8-12(19-2)9-7-11)15-5-3-4-14(16)13(15)10-18/h3-10H,1-2H3. The first-order valence-corrected chi connectivity index (χ1v) is 6.16. The summed E-state index contributed by atoms with van der Waals surface area (Å²) in [7, 11) is 3.51. The monoisotopic (exact) mass is 275 g/mol. The van der Waals surface area contributed by atoms with E-state index in [1.54, 1.807) is 13.2 Å². The molecule has 0 bridgehead atoms. The lowest BCUT2D eigenvalue weighted by atomic mass is 10.1. The predicted molar refractivity (Wildman–Crippen MR) is 77.9 cm³/mol. The van der Waals surface area contributed by atoms with Crippen LogP contribution in [0, 0.1) is 0 Å². The highest BCUT2D eigenvalue weighted by Gasteiger charge is 2.11. The molecule has 0 saturated carbocycles. The van der Waals surface area contributed by atoms with Gasteiger partial charge in [0.15, 0.2) is 6.29 Å². The zero-order valence-corrected chi connectivity index (χ0v) is 11.5. The number of rotatable bonds is 4. The third kappa shape index (κ3) is 2.71. The Labute approximate surface area is 117 Å². The molecule has 0 aliphatic carbocycles. The summed E-state index contributed by atoms with van der Waals surface area (Å²) < 4.78 is 5.12. The normalized spacial score (nSPS) is 10.1. The van der Waals surface area contributed by atoms with Gasteiger partial charge in [-0.25, -0.2) is 0 Å². The van der Waals surface area contributed by atoms with Crippen LogP contribution in [0.3, 0.4) is 0 Å². The first kappa shape index (κ1) is 13.4. The summed E-state index contributed by atoms with van der Waals surface area (Å²) in [6.07, 6.45) is 0.775. The fourth-order valence-electron chi connectivity index (χ4n) is 1.88. The molecule has 0 atom stereocenters. The van der Waals surface area contributed by atoms with E-state index in [4.69, 9.17) is 16.3 Å². The van der Waals surface area contributed by atoms with Crippen LogP contribution in [0.4, 0.5) is 11.4 Å². The van der Waals surface area contributed by atoms with Gasteiger partial charge in [-0.05, 0) is 36.4 Å². The van der Waals surface area contributed by atoms with E-state index in [0.29, 0.717) is 10.6 Å². The van der Waals surface area contributed by atoms with Gasteiger partial charge in [0.05, 0.1) is 23.4 Å². The second-order valence-electron chi connectivity index (χ2n) is 4.05. The highest BCUT2D eigenvalue weighted by atomic mass is 35.5. The van der Waals surface area contributed by atoms with Crippen molar-refractivity contribution in [3.63, 3.8) is 0 Å². The number of aldehydes is 1. The van der Waals surface area contributed by atoms with Crippen molar-refractivity contribution in [3.05, 3.63) is 53.1 Å². The van der Waals surface area contributed by atoms with Gasteiger partial charge in [-0.3, -0.25) is 4.79 Å². The summed E-state index contributed by atoms with van der Waals surface area (Å²) in [5.74, 6) is 0.791. The van der Waals surface area contributed by atoms with E-state index in [0.717, 1.165) is 23.4 Å². The van der Waals surface area contributed by atoms with Crippen molar-refractivity contribution in [2.75, 3.05) is 19.1 Å². The lowest BCUT2D eigenvalue weighted by Crippen LogP contribution is -2.11. The number of anilines is 2. The van der Waals surface area contributed by atoms with E-state index in [9.17, 15) is 4.79 Å². The zero-order chi connectivity index (χ0) is 13.8. The largest absolute Gasteiger partial charge is 0.497 e. The molecule has 0 aromatic heterocycles. The van der Waals surface area contributed by atoms with Crippen LogP contribution in [0.5, 0.6) is 5.75 Å². The molecule has 0 fully saturated rings. The van der Waals surface area contributed by atoms with Crippen LogP contribution in [0.25, 0.3) is 0 Å². The number of hydrogen-bond donors (Lipinski definition) is 0. The quantitative estimate of drug-likeness (QED) is 0.792. The second kappa shape index (κ2) is 5.76. The van der Waals surface area contributed by atoms with Crippen molar-refractivity contribution in [2.45, 2.75) is 0 Å². The highest BCUT2D eigenvalue weighted by Crippen LogP contribution is 2.31. The molecule has 19 heavy (non-hydrogen) atoms. The van der Waals surface area contributed by atoms with Gasteiger partial charge >= 0.3 is 0 Å². The van der Waals surface area contributed by atoms with Crippen LogP contribution in [0.2, 0.25) is 5.02 Å². The molecule has 0 spiro atoms. The van der Waals surface area contributed by atoms with Gasteiger partial charge in [0.1, 0.15) is 5.75 Å². The molecule has 2 aromatic carbocycles. The predicted octanol–water partition coefficient (Wildman–Crippen LogP) is 3.93. The maximum absolute atomic E-state index is 11.2. The SMILES string of the molecule is COc1ccc(N(C)c2cccc(Cl)c2C=O)cc1. The van der Waals surface area contributed by atoms with Crippen LogP contribution in [0.15, 0.2) is 42.5 Å². The van der Waals surface area contributed by atoms with Gasteiger partial charge in [0, 0.05) is 12.7 Å². The molecule has 2 aromatic rings. The molecule has 0 aliphatic rings. The van der Waals surface area contributed by atoms with E-state index >= 15 is 0 Å². The van der Waals surface area contributed by atoms with Crippen LogP contribution in [0.1, 0.15) is 10.4 Å². The smallest absolute Gasteiger partial charge is 0.153 e. The molecule has 0 heterocycles. The van der Waals surface area contributed by atoms with Crippen molar-refractivity contribution in [2.24, 2.45) is 0 Å². The number of nitrogens with zero attached hydrogens (tertiary/aromatic N) is 1. The highest BCUT2D eigenvalue weighted by molar-refractivity contribution is 6.33. The van der Waals surface area contributed by atoms with Gasteiger partial charge in [-0.15, -0.1) is 0 Å². The fraction of sp³-hybridized carbons (Fsp3) is 0.133. The van der Waals surface area contributed by atoms with Crippen molar-refractivity contribution in [1.29, 1.82) is 0 Å². The molecule has 98 valence electrons. The van der Waals surface area contributed by atoms with Gasteiger partial charge in [0.2, 0.25) is 0 Å². The minimum atomic E-state index is 0.452. The Morgan fingerprint density at radius 1 is 1.16 bits per heavy atom. The van der Waals surface area contributed by atoms with Gasteiger partial charge in [-0.2, -0.15) is 0 Å². The van der Waals surface area contributed by atoms with Gasteiger partial charge in [0.25, 0.3) is 0 Å². The molecular formula is C15H14ClNO2. The molecule has 3 nitrogen and oxygen atoms in total. The Morgan fingerprint density at radius 2 is 1.84 bits per heavy atom. The minimum Gasteiger partial charge on any atom is -0.497 e. The van der Waals surface area contributed by atoms with E-state index in [2.05, 4.69) is 0 Å². The number of ether oxygens (including phenoxy) is 1. The van der Waals surface area contributed by atoms with Gasteiger partial charge < -0.3 is 9.64 Å². The number of benzene rings is 2. The molecule has 0 aliphatic heterocycles. The lowest BCUT2D eigenvalue weighted by molar-refractivity contribution is 0.112. The Hall–Kier alpha value is -2.00. The zero-order valence-electron chi connectivity index (χ0n) is 10.8. The second-order valence-corrected chi connectivity index (χ2v) is 4.45. The average molecular weight is 276 g/mol. The topological polar surface area (TPSA) is 29.5 Å². The maximum Gasteiger partial charge on any atom is 0.153 e. The summed E-state index contributed by atoms with van der Waals surface area (Å²) in [6.45, 7) is 0. The molecule has 0 N–H and O–H groups in total. The third-order valence-corrected chi connectivity index (χ3v) is 3.30. The summed E-state index contributed by atoms with van der Waals surface area (Å²) in [6, 6.07) is 13.0. The van der Waals surface area contributed by atoms with E-state index < -0.39 is 0 Å². The Kier molecular flexibility index (Phi) is 4.07. The van der Waals surface area contributed by atoms with Crippen LogP contribution >= 0.6 is 11.6 Å². The van der Waals surface area contributed by atoms with Crippen molar-refractivity contribution >= 4 is 29.3 Å². The maximum atomic E-state index is 11.2. The lowest BCUT2D eigenvalue weighted by Gasteiger charge is -2.21. The number of hydrogen-bond acceptors (Lipinski definition) is 3. The summed E-state index contributed by atoms with van der Waals surface area (Å²) in [4.78, 5) is 13.1. The number of carbonyl (C=O) groups is 1. The fourth-order valence-corrected chi connectivity index (χ4v) is 2.09. The first-order chi connectivity index (χ1) is 9.17. The van der Waals surface area contributed by atoms with Crippen molar-refractivity contribution in [1.82, 2.24) is 0 Å². The Morgan fingerprint density at radius 3 is 2.42 bits per heavy atom. The summed E-state index contributed by atoms with van der Waals surface area (Å²) in [5.41, 5.74) is 2.21. The van der Waals surface area contributed by atoms with Crippen LogP contribution < -0.4 is 9.64 Å².